The van der Waals surface area contributed by atoms with Gasteiger partial charge in [0.2, 0.25) is 11.8 Å². The number of esters is 1. The fourth-order valence-corrected chi connectivity index (χ4v) is 3.71. The molecule has 0 aliphatic carbocycles. The van der Waals surface area contributed by atoms with E-state index in [1.807, 2.05) is 17.5 Å². The number of carbonyl (C=O) groups excluding carboxylic acids is 4. The predicted molar refractivity (Wildman–Crippen MR) is 99.2 cm³/mol. The highest BCUT2D eigenvalue weighted by Crippen LogP contribution is 2.27. The van der Waals surface area contributed by atoms with Gasteiger partial charge in [0, 0.05) is 11.8 Å². The normalized spacial score (nSPS) is 16.5. The molecule has 1 aliphatic rings. The Bertz CT molecular complexity index is 876. The van der Waals surface area contributed by atoms with E-state index in [2.05, 4.69) is 4.74 Å². The lowest BCUT2D eigenvalue weighted by molar-refractivity contribution is -0.137. The van der Waals surface area contributed by atoms with Gasteiger partial charge in [-0.25, -0.2) is 9.69 Å². The highest BCUT2D eigenvalue weighted by molar-refractivity contribution is 7.09. The lowest BCUT2D eigenvalue weighted by Crippen LogP contribution is -2.44. The Morgan fingerprint density at radius 1 is 1.22 bits per heavy atom. The lowest BCUT2D eigenvalue weighted by Gasteiger charge is -2.26. The summed E-state index contributed by atoms with van der Waals surface area (Å²) in [5, 5.41) is 1.89. The van der Waals surface area contributed by atoms with Crippen molar-refractivity contribution in [1.29, 1.82) is 0 Å². The third-order valence-corrected chi connectivity index (χ3v) is 5.22. The first kappa shape index (κ1) is 18.8. The number of benzene rings is 1. The summed E-state index contributed by atoms with van der Waals surface area (Å²) in [5.41, 5.74) is 0.680. The Morgan fingerprint density at radius 2 is 1.93 bits per heavy atom. The molecule has 0 saturated carbocycles. The van der Waals surface area contributed by atoms with Crippen LogP contribution in [0.2, 0.25) is 0 Å². The van der Waals surface area contributed by atoms with E-state index in [0.717, 1.165) is 9.78 Å². The quantitative estimate of drug-likeness (QED) is 0.581. The highest BCUT2D eigenvalue weighted by atomic mass is 32.1. The van der Waals surface area contributed by atoms with Gasteiger partial charge in [-0.15, -0.1) is 11.3 Å². The summed E-state index contributed by atoms with van der Waals surface area (Å²) in [6, 6.07) is 8.92. The van der Waals surface area contributed by atoms with E-state index in [-0.39, 0.29) is 24.8 Å². The van der Waals surface area contributed by atoms with Gasteiger partial charge in [0.05, 0.1) is 31.3 Å². The molecule has 3 amide bonds. The van der Waals surface area contributed by atoms with E-state index < -0.39 is 17.9 Å². The van der Waals surface area contributed by atoms with E-state index in [1.54, 1.807) is 0 Å². The van der Waals surface area contributed by atoms with Crippen LogP contribution in [0.25, 0.3) is 0 Å². The zero-order valence-electron chi connectivity index (χ0n) is 14.9. The fraction of sp³-hybridized carbons (Fsp3) is 0.263. The molecule has 0 bridgehead atoms. The third-order valence-electron chi connectivity index (χ3n) is 4.36. The Kier molecular flexibility index (Phi) is 5.36. The van der Waals surface area contributed by atoms with Gasteiger partial charge < -0.3 is 9.64 Å². The summed E-state index contributed by atoms with van der Waals surface area (Å²) < 4.78 is 4.64. The second-order valence-electron chi connectivity index (χ2n) is 6.05. The van der Waals surface area contributed by atoms with Crippen LogP contribution in [0.1, 0.15) is 28.6 Å². The van der Waals surface area contributed by atoms with Crippen molar-refractivity contribution in [3.05, 3.63) is 52.2 Å². The van der Waals surface area contributed by atoms with Crippen LogP contribution in [-0.2, 0) is 25.7 Å². The zero-order chi connectivity index (χ0) is 19.6. The first-order valence-corrected chi connectivity index (χ1v) is 9.15. The molecule has 1 aromatic heterocycles. The van der Waals surface area contributed by atoms with Crippen molar-refractivity contribution in [2.24, 2.45) is 0 Å². The molecule has 3 rings (SSSR count). The van der Waals surface area contributed by atoms with Crippen molar-refractivity contribution in [3.63, 3.8) is 0 Å². The van der Waals surface area contributed by atoms with Crippen LogP contribution in [0.5, 0.6) is 0 Å². The second-order valence-corrected chi connectivity index (χ2v) is 7.08. The Balaban J connectivity index is 1.83. The molecule has 1 fully saturated rings. The number of hydrogen-bond donors (Lipinski definition) is 0. The maximum Gasteiger partial charge on any atom is 0.337 e. The van der Waals surface area contributed by atoms with Crippen molar-refractivity contribution in [3.8, 4) is 0 Å². The third kappa shape index (κ3) is 3.75. The molecule has 1 aliphatic heterocycles. The largest absolute Gasteiger partial charge is 0.465 e. The van der Waals surface area contributed by atoms with Crippen molar-refractivity contribution >= 4 is 40.7 Å². The lowest BCUT2D eigenvalue weighted by atomic mass is 10.2. The number of nitrogens with zero attached hydrogens (tertiary/aromatic N) is 2. The van der Waals surface area contributed by atoms with E-state index in [4.69, 9.17) is 0 Å². The second kappa shape index (κ2) is 7.71. The van der Waals surface area contributed by atoms with Crippen LogP contribution < -0.4 is 4.90 Å². The number of imide groups is 1. The monoisotopic (exact) mass is 386 g/mol. The molecular weight excluding hydrogens is 368 g/mol. The smallest absolute Gasteiger partial charge is 0.337 e. The summed E-state index contributed by atoms with van der Waals surface area (Å²) in [4.78, 5) is 52.4. The molecule has 27 heavy (non-hydrogen) atoms. The number of methoxy groups -OCH3 is 1. The minimum atomic E-state index is -0.836. The highest BCUT2D eigenvalue weighted by Gasteiger charge is 2.43. The topological polar surface area (TPSA) is 84.0 Å². The van der Waals surface area contributed by atoms with E-state index in [9.17, 15) is 19.2 Å². The molecule has 1 aromatic carbocycles. The number of hydrogen-bond acceptors (Lipinski definition) is 6. The fourth-order valence-electron chi connectivity index (χ4n) is 3.01. The molecule has 2 heterocycles. The molecule has 140 valence electrons. The zero-order valence-corrected chi connectivity index (χ0v) is 15.7. The molecule has 0 spiro atoms. The van der Waals surface area contributed by atoms with Crippen molar-refractivity contribution in [1.82, 2.24) is 4.90 Å². The average molecular weight is 386 g/mol. The Hall–Kier alpha value is -3.00. The van der Waals surface area contributed by atoms with Gasteiger partial charge >= 0.3 is 5.97 Å². The van der Waals surface area contributed by atoms with Gasteiger partial charge in [-0.1, -0.05) is 6.07 Å². The van der Waals surface area contributed by atoms with Crippen LogP contribution in [0.15, 0.2) is 41.8 Å². The van der Waals surface area contributed by atoms with Gasteiger partial charge in [0.25, 0.3) is 5.91 Å². The number of carbonyl (C=O) groups is 4. The summed E-state index contributed by atoms with van der Waals surface area (Å²) >= 11 is 1.49. The molecule has 1 unspecified atom stereocenters. The number of anilines is 1. The minimum absolute atomic E-state index is 0.0669. The first-order valence-electron chi connectivity index (χ1n) is 8.27. The van der Waals surface area contributed by atoms with Gasteiger partial charge in [-0.2, -0.15) is 0 Å². The number of rotatable bonds is 5. The Labute approximate surface area is 160 Å². The minimum Gasteiger partial charge on any atom is -0.465 e. The van der Waals surface area contributed by atoms with Gasteiger partial charge in [0.15, 0.2) is 0 Å². The van der Waals surface area contributed by atoms with Crippen molar-refractivity contribution in [2.45, 2.75) is 25.9 Å². The van der Waals surface area contributed by atoms with Crippen molar-refractivity contribution in [2.75, 3.05) is 12.0 Å². The maximum absolute atomic E-state index is 12.9. The summed E-state index contributed by atoms with van der Waals surface area (Å²) in [5.74, 6) is -1.60. The summed E-state index contributed by atoms with van der Waals surface area (Å²) in [7, 11) is 1.28. The molecule has 2 aromatic rings. The molecule has 1 atom stereocenters. The van der Waals surface area contributed by atoms with Crippen molar-refractivity contribution < 1.29 is 23.9 Å². The van der Waals surface area contributed by atoms with Crippen LogP contribution >= 0.6 is 11.3 Å². The molecule has 0 radical (unpaired) electrons. The van der Waals surface area contributed by atoms with Crippen LogP contribution in [0.3, 0.4) is 0 Å². The average Bonchev–Trinajstić information content (AvgIpc) is 3.27. The molecule has 0 N–H and O–H groups in total. The van der Waals surface area contributed by atoms with E-state index in [1.165, 1.54) is 54.5 Å². The van der Waals surface area contributed by atoms with Gasteiger partial charge in [0.1, 0.15) is 6.04 Å². The molecular formula is C19H18N2O5S. The number of thiophene rings is 1. The Morgan fingerprint density at radius 3 is 2.48 bits per heavy atom. The number of amides is 3. The predicted octanol–water partition coefficient (Wildman–Crippen LogP) is 2.22. The van der Waals surface area contributed by atoms with E-state index >= 15 is 0 Å². The van der Waals surface area contributed by atoms with Crippen LogP contribution in [-0.4, -0.2) is 41.7 Å². The van der Waals surface area contributed by atoms with Gasteiger partial charge in [-0.3, -0.25) is 14.4 Å². The molecule has 8 heteroatoms. The van der Waals surface area contributed by atoms with Gasteiger partial charge in [-0.05, 0) is 35.7 Å². The van der Waals surface area contributed by atoms with Crippen LogP contribution in [0, 0.1) is 0 Å². The molecule has 7 nitrogen and oxygen atoms in total. The first-order chi connectivity index (χ1) is 12.9. The number of ether oxygens (including phenoxy) is 1. The molecule has 1 saturated heterocycles. The van der Waals surface area contributed by atoms with E-state index in [0.29, 0.717) is 11.3 Å². The van der Waals surface area contributed by atoms with Crippen LogP contribution in [0.4, 0.5) is 5.69 Å². The maximum atomic E-state index is 12.9. The summed E-state index contributed by atoms with van der Waals surface area (Å²) in [6.45, 7) is 1.67. The standard InChI is InChI=1S/C19H18N2O5S/c1-12(22)20(11-15-4-3-9-27-15)16-10-17(23)21(18(16)24)14-7-5-13(6-8-14)19(25)26-2/h3-9,16H,10-11H2,1-2H3. The SMILES string of the molecule is COC(=O)c1ccc(N2C(=O)CC(N(Cc3cccs3)C(C)=O)C2=O)cc1. The summed E-state index contributed by atoms with van der Waals surface area (Å²) in [6.07, 6.45) is -0.0669.